The van der Waals surface area contributed by atoms with E-state index in [4.69, 9.17) is 0 Å². The van der Waals surface area contributed by atoms with Crippen LogP contribution in [0.25, 0.3) is 0 Å². The molecule has 1 aliphatic rings. The number of nitrogens with zero attached hydrogens (tertiary/aromatic N) is 1. The summed E-state index contributed by atoms with van der Waals surface area (Å²) >= 11 is 0. The van der Waals surface area contributed by atoms with E-state index >= 15 is 0 Å². The number of unbranched alkanes of at least 4 members (excludes halogenated alkanes) is 1. The van der Waals surface area contributed by atoms with E-state index in [9.17, 15) is 4.79 Å². The molecule has 2 heteroatoms. The van der Waals surface area contributed by atoms with Crippen molar-refractivity contribution in [2.45, 2.75) is 58.4 Å². The van der Waals surface area contributed by atoms with Gasteiger partial charge in [0.25, 0.3) is 0 Å². The third-order valence-corrected chi connectivity index (χ3v) is 5.68. The summed E-state index contributed by atoms with van der Waals surface area (Å²) in [6, 6.07) is 20.5. The summed E-state index contributed by atoms with van der Waals surface area (Å²) in [4.78, 5) is 15.3. The second-order valence-corrected chi connectivity index (χ2v) is 7.61. The van der Waals surface area contributed by atoms with Gasteiger partial charge in [-0.15, -0.1) is 0 Å². The van der Waals surface area contributed by atoms with Crippen LogP contribution >= 0.6 is 0 Å². The van der Waals surface area contributed by atoms with Crippen LogP contribution in [0.1, 0.15) is 57.4 Å². The molecule has 0 saturated heterocycles. The van der Waals surface area contributed by atoms with Crippen LogP contribution in [0.3, 0.4) is 0 Å². The highest BCUT2D eigenvalue weighted by atomic mass is 16.2. The van der Waals surface area contributed by atoms with E-state index < -0.39 is 0 Å². The van der Waals surface area contributed by atoms with Gasteiger partial charge in [-0.1, -0.05) is 74.7 Å². The van der Waals surface area contributed by atoms with Gasteiger partial charge in [0.15, 0.2) is 0 Å². The summed E-state index contributed by atoms with van der Waals surface area (Å²) in [5, 5.41) is 0. The van der Waals surface area contributed by atoms with Gasteiger partial charge in [0, 0.05) is 11.6 Å². The number of amides is 1. The second-order valence-electron chi connectivity index (χ2n) is 7.61. The highest BCUT2D eigenvalue weighted by molar-refractivity contribution is 5.95. The highest BCUT2D eigenvalue weighted by Gasteiger charge is 2.30. The molecule has 138 valence electrons. The van der Waals surface area contributed by atoms with Crippen molar-refractivity contribution in [2.75, 3.05) is 4.90 Å². The Hall–Kier alpha value is -2.09. The molecule has 0 heterocycles. The zero-order valence-electron chi connectivity index (χ0n) is 15.9. The molecule has 1 fully saturated rings. The van der Waals surface area contributed by atoms with Crippen molar-refractivity contribution in [1.82, 2.24) is 0 Å². The van der Waals surface area contributed by atoms with Crippen molar-refractivity contribution in [3.05, 3.63) is 66.2 Å². The number of benzene rings is 2. The summed E-state index contributed by atoms with van der Waals surface area (Å²) in [6.07, 6.45) is 8.46. The van der Waals surface area contributed by atoms with E-state index in [1.807, 2.05) is 53.4 Å². The predicted molar refractivity (Wildman–Crippen MR) is 109 cm³/mol. The molecule has 0 atom stereocenters. The van der Waals surface area contributed by atoms with Gasteiger partial charge in [-0.05, 0) is 49.3 Å². The monoisotopic (exact) mass is 349 g/mol. The number of rotatable bonds is 7. The fourth-order valence-corrected chi connectivity index (χ4v) is 4.08. The lowest BCUT2D eigenvalue weighted by atomic mass is 9.79. The summed E-state index contributed by atoms with van der Waals surface area (Å²) in [5.74, 6) is 1.31. The van der Waals surface area contributed by atoms with Crippen molar-refractivity contribution < 1.29 is 4.79 Å². The van der Waals surface area contributed by atoms with Gasteiger partial charge < -0.3 is 4.90 Å². The van der Waals surface area contributed by atoms with E-state index in [-0.39, 0.29) is 5.92 Å². The summed E-state index contributed by atoms with van der Waals surface area (Å²) in [6.45, 7) is 2.91. The average molecular weight is 350 g/mol. The molecule has 1 aliphatic carbocycles. The van der Waals surface area contributed by atoms with Gasteiger partial charge in [-0.3, -0.25) is 4.79 Å². The van der Waals surface area contributed by atoms with Crippen molar-refractivity contribution in [2.24, 2.45) is 11.8 Å². The number of carbonyl (C=O) groups excluding carboxylic acids is 1. The molecule has 0 N–H and O–H groups in total. The van der Waals surface area contributed by atoms with E-state index in [0.717, 1.165) is 24.4 Å². The minimum Gasteiger partial charge on any atom is -0.308 e. The van der Waals surface area contributed by atoms with Crippen LogP contribution in [0.15, 0.2) is 60.7 Å². The summed E-state index contributed by atoms with van der Waals surface area (Å²) in [5.41, 5.74) is 2.19. The highest BCUT2D eigenvalue weighted by Crippen LogP contribution is 2.34. The van der Waals surface area contributed by atoms with Crippen molar-refractivity contribution >= 4 is 11.6 Å². The number of para-hydroxylation sites is 1. The minimum absolute atomic E-state index is 0.178. The van der Waals surface area contributed by atoms with E-state index in [0.29, 0.717) is 12.5 Å². The number of anilines is 1. The van der Waals surface area contributed by atoms with Crippen LogP contribution in [0.4, 0.5) is 5.69 Å². The summed E-state index contributed by atoms with van der Waals surface area (Å²) < 4.78 is 0. The maximum atomic E-state index is 13.3. The molecule has 0 spiro atoms. The lowest BCUT2D eigenvalue weighted by Crippen LogP contribution is -2.37. The standard InChI is InChI=1S/C24H31NO/c1-2-3-10-20-15-17-22(18-16-20)24(26)25(23-13-8-5-9-14-23)19-21-11-6-4-7-12-21/h4-9,11-14,20,22H,2-3,10,15-19H2,1H3. The fraction of sp³-hybridized carbons (Fsp3) is 0.458. The van der Waals surface area contributed by atoms with Crippen LogP contribution in [0.5, 0.6) is 0 Å². The summed E-state index contributed by atoms with van der Waals surface area (Å²) in [7, 11) is 0. The van der Waals surface area contributed by atoms with Crippen LogP contribution in [0.2, 0.25) is 0 Å². The molecule has 2 nitrogen and oxygen atoms in total. The molecule has 0 aliphatic heterocycles. The molecule has 1 amide bonds. The first-order chi connectivity index (χ1) is 12.8. The van der Waals surface area contributed by atoms with Gasteiger partial charge in [-0.2, -0.15) is 0 Å². The Labute approximate surface area is 158 Å². The Morgan fingerprint density at radius 3 is 2.15 bits per heavy atom. The maximum absolute atomic E-state index is 13.3. The Balaban J connectivity index is 1.69. The van der Waals surface area contributed by atoms with E-state index in [1.165, 1.54) is 37.7 Å². The lowest BCUT2D eigenvalue weighted by Gasteiger charge is -2.32. The normalized spacial score (nSPS) is 19.9. The third-order valence-electron chi connectivity index (χ3n) is 5.68. The SMILES string of the molecule is CCCCC1CCC(C(=O)N(Cc2ccccc2)c2ccccc2)CC1. The third kappa shape index (κ3) is 4.97. The minimum atomic E-state index is 0.178. The molecule has 0 bridgehead atoms. The van der Waals surface area contributed by atoms with Crippen LogP contribution < -0.4 is 4.90 Å². The van der Waals surface area contributed by atoms with Crippen molar-refractivity contribution in [3.63, 3.8) is 0 Å². The van der Waals surface area contributed by atoms with E-state index in [1.54, 1.807) is 0 Å². The fourth-order valence-electron chi connectivity index (χ4n) is 4.08. The van der Waals surface area contributed by atoms with Gasteiger partial charge in [0.2, 0.25) is 5.91 Å². The van der Waals surface area contributed by atoms with Gasteiger partial charge in [-0.25, -0.2) is 0 Å². The number of hydrogen-bond acceptors (Lipinski definition) is 1. The van der Waals surface area contributed by atoms with Crippen molar-refractivity contribution in [1.29, 1.82) is 0 Å². The van der Waals surface area contributed by atoms with Crippen molar-refractivity contribution in [3.8, 4) is 0 Å². The molecule has 2 aromatic carbocycles. The molecule has 3 rings (SSSR count). The molecular weight excluding hydrogens is 318 g/mol. The molecule has 0 unspecified atom stereocenters. The van der Waals surface area contributed by atoms with Gasteiger partial charge in [0.1, 0.15) is 0 Å². The zero-order chi connectivity index (χ0) is 18.2. The molecule has 0 radical (unpaired) electrons. The Morgan fingerprint density at radius 2 is 1.54 bits per heavy atom. The first-order valence-corrected chi connectivity index (χ1v) is 10.2. The second kappa shape index (κ2) is 9.56. The maximum Gasteiger partial charge on any atom is 0.230 e. The Kier molecular flexibility index (Phi) is 6.88. The smallest absolute Gasteiger partial charge is 0.230 e. The Bertz CT molecular complexity index is 659. The Morgan fingerprint density at radius 1 is 0.923 bits per heavy atom. The first-order valence-electron chi connectivity index (χ1n) is 10.2. The zero-order valence-corrected chi connectivity index (χ0v) is 15.9. The molecule has 1 saturated carbocycles. The quantitative estimate of drug-likeness (QED) is 0.581. The molecule has 2 aromatic rings. The molecular formula is C24H31NO. The largest absolute Gasteiger partial charge is 0.308 e. The van der Waals surface area contributed by atoms with Gasteiger partial charge in [0.05, 0.1) is 6.54 Å². The number of carbonyl (C=O) groups is 1. The van der Waals surface area contributed by atoms with Crippen LogP contribution in [0, 0.1) is 11.8 Å². The molecule has 0 aromatic heterocycles. The van der Waals surface area contributed by atoms with Crippen LogP contribution in [-0.4, -0.2) is 5.91 Å². The van der Waals surface area contributed by atoms with E-state index in [2.05, 4.69) is 19.1 Å². The van der Waals surface area contributed by atoms with Crippen LogP contribution in [-0.2, 0) is 11.3 Å². The lowest BCUT2D eigenvalue weighted by molar-refractivity contribution is -0.123. The predicted octanol–water partition coefficient (Wildman–Crippen LogP) is 6.22. The average Bonchev–Trinajstić information content (AvgIpc) is 2.72. The van der Waals surface area contributed by atoms with Gasteiger partial charge >= 0.3 is 0 Å². The molecule has 26 heavy (non-hydrogen) atoms. The first kappa shape index (κ1) is 18.7. The number of hydrogen-bond donors (Lipinski definition) is 0. The topological polar surface area (TPSA) is 20.3 Å².